The van der Waals surface area contributed by atoms with Crippen molar-refractivity contribution >= 4 is 17.4 Å². The quantitative estimate of drug-likeness (QED) is 0.762. The standard InChI is InChI=1S/C20H23N3O/c24-20(17-9-5-2-6-10-17)23-19-12-11-18(15-22-19)21-14-13-16-7-3-1-4-8-16/h2,5-7,9-12,15,21H,1,3-4,8,13-14H2,(H,22,23,24). The monoisotopic (exact) mass is 321 g/mol. The van der Waals surface area contributed by atoms with Gasteiger partial charge in [-0.05, 0) is 56.4 Å². The molecule has 0 unspecified atom stereocenters. The molecule has 0 atom stereocenters. The second-order valence-corrected chi connectivity index (χ2v) is 6.04. The lowest BCUT2D eigenvalue weighted by Gasteiger charge is -2.13. The topological polar surface area (TPSA) is 54.0 Å². The fourth-order valence-electron chi connectivity index (χ4n) is 2.85. The number of allylic oxidation sites excluding steroid dienone is 1. The Bertz CT molecular complexity index is 693. The maximum absolute atomic E-state index is 12.1. The smallest absolute Gasteiger partial charge is 0.256 e. The van der Waals surface area contributed by atoms with Gasteiger partial charge in [0.15, 0.2) is 0 Å². The normalized spacial score (nSPS) is 13.9. The van der Waals surface area contributed by atoms with E-state index in [2.05, 4.69) is 21.7 Å². The first-order valence-corrected chi connectivity index (χ1v) is 8.55. The molecule has 0 saturated carbocycles. The molecule has 4 heteroatoms. The maximum Gasteiger partial charge on any atom is 0.256 e. The van der Waals surface area contributed by atoms with Crippen molar-refractivity contribution in [2.45, 2.75) is 32.1 Å². The lowest BCUT2D eigenvalue weighted by Crippen LogP contribution is -2.12. The first kappa shape index (κ1) is 16.2. The number of aromatic nitrogens is 1. The molecule has 1 heterocycles. The number of pyridine rings is 1. The number of anilines is 2. The number of benzene rings is 1. The van der Waals surface area contributed by atoms with Crippen LogP contribution in [0.1, 0.15) is 42.5 Å². The fraction of sp³-hybridized carbons (Fsp3) is 0.300. The highest BCUT2D eigenvalue weighted by atomic mass is 16.1. The van der Waals surface area contributed by atoms with E-state index in [-0.39, 0.29) is 5.91 Å². The third-order valence-electron chi connectivity index (χ3n) is 4.20. The third-order valence-corrected chi connectivity index (χ3v) is 4.20. The summed E-state index contributed by atoms with van der Waals surface area (Å²) in [5.41, 5.74) is 3.17. The fourth-order valence-corrected chi connectivity index (χ4v) is 2.85. The molecule has 2 N–H and O–H groups in total. The summed E-state index contributed by atoms with van der Waals surface area (Å²) in [6.45, 7) is 0.920. The Morgan fingerprint density at radius 1 is 1.08 bits per heavy atom. The minimum absolute atomic E-state index is 0.145. The summed E-state index contributed by atoms with van der Waals surface area (Å²) in [7, 11) is 0. The Labute approximate surface area is 143 Å². The van der Waals surface area contributed by atoms with E-state index in [1.165, 1.54) is 25.7 Å². The predicted octanol–water partition coefficient (Wildman–Crippen LogP) is 4.64. The molecule has 1 aliphatic rings. The average molecular weight is 321 g/mol. The highest BCUT2D eigenvalue weighted by molar-refractivity contribution is 6.03. The zero-order valence-electron chi connectivity index (χ0n) is 13.8. The molecule has 0 fully saturated rings. The van der Waals surface area contributed by atoms with Gasteiger partial charge in [-0.2, -0.15) is 0 Å². The highest BCUT2D eigenvalue weighted by Crippen LogP contribution is 2.20. The van der Waals surface area contributed by atoms with Gasteiger partial charge < -0.3 is 10.6 Å². The van der Waals surface area contributed by atoms with E-state index in [1.54, 1.807) is 23.9 Å². The molecule has 0 spiro atoms. The van der Waals surface area contributed by atoms with Gasteiger partial charge in [-0.3, -0.25) is 4.79 Å². The summed E-state index contributed by atoms with van der Waals surface area (Å²) in [5, 5.41) is 6.19. The summed E-state index contributed by atoms with van der Waals surface area (Å²) in [5.74, 6) is 0.414. The Hall–Kier alpha value is -2.62. The van der Waals surface area contributed by atoms with Crippen LogP contribution >= 0.6 is 0 Å². The molecular weight excluding hydrogens is 298 g/mol. The molecule has 0 radical (unpaired) electrons. The maximum atomic E-state index is 12.1. The zero-order chi connectivity index (χ0) is 16.6. The minimum Gasteiger partial charge on any atom is -0.383 e. The number of carbonyl (C=O) groups excluding carboxylic acids is 1. The van der Waals surface area contributed by atoms with Crippen molar-refractivity contribution in [3.8, 4) is 0 Å². The van der Waals surface area contributed by atoms with E-state index in [0.717, 1.165) is 18.7 Å². The summed E-state index contributed by atoms with van der Waals surface area (Å²) >= 11 is 0. The Morgan fingerprint density at radius 3 is 2.67 bits per heavy atom. The minimum atomic E-state index is -0.145. The van der Waals surface area contributed by atoms with Crippen LogP contribution in [0.4, 0.5) is 11.5 Å². The lowest BCUT2D eigenvalue weighted by molar-refractivity contribution is 0.102. The number of hydrogen-bond acceptors (Lipinski definition) is 3. The van der Waals surface area contributed by atoms with Crippen LogP contribution in [0.5, 0.6) is 0 Å². The van der Waals surface area contributed by atoms with Crippen LogP contribution in [-0.2, 0) is 0 Å². The molecule has 1 aromatic heterocycles. The number of carbonyl (C=O) groups is 1. The summed E-state index contributed by atoms with van der Waals surface area (Å²) in [4.78, 5) is 16.4. The zero-order valence-corrected chi connectivity index (χ0v) is 13.8. The molecule has 1 aliphatic carbocycles. The molecule has 24 heavy (non-hydrogen) atoms. The lowest BCUT2D eigenvalue weighted by atomic mass is 9.97. The molecule has 0 saturated heterocycles. The van der Waals surface area contributed by atoms with Gasteiger partial charge in [0, 0.05) is 12.1 Å². The van der Waals surface area contributed by atoms with Gasteiger partial charge in [-0.15, -0.1) is 0 Å². The number of hydrogen-bond donors (Lipinski definition) is 2. The number of rotatable bonds is 6. The average Bonchev–Trinajstić information content (AvgIpc) is 2.65. The number of nitrogens with one attached hydrogen (secondary N) is 2. The molecule has 0 bridgehead atoms. The first-order chi connectivity index (χ1) is 11.8. The van der Waals surface area contributed by atoms with Crippen LogP contribution in [0.15, 0.2) is 60.3 Å². The van der Waals surface area contributed by atoms with Crippen molar-refractivity contribution in [2.24, 2.45) is 0 Å². The van der Waals surface area contributed by atoms with Crippen LogP contribution in [0, 0.1) is 0 Å². The molecule has 2 aromatic rings. The van der Waals surface area contributed by atoms with Gasteiger partial charge in [0.05, 0.1) is 11.9 Å². The Morgan fingerprint density at radius 2 is 1.96 bits per heavy atom. The summed E-state index contributed by atoms with van der Waals surface area (Å²) in [6.07, 6.45) is 10.4. The van der Waals surface area contributed by atoms with Crippen molar-refractivity contribution in [3.05, 3.63) is 65.9 Å². The first-order valence-electron chi connectivity index (χ1n) is 8.55. The van der Waals surface area contributed by atoms with E-state index in [0.29, 0.717) is 11.4 Å². The van der Waals surface area contributed by atoms with Crippen LogP contribution in [0.25, 0.3) is 0 Å². The second-order valence-electron chi connectivity index (χ2n) is 6.04. The SMILES string of the molecule is O=C(Nc1ccc(NCCC2=CCCCC2)cn1)c1ccccc1. The molecule has 4 nitrogen and oxygen atoms in total. The molecule has 1 aromatic carbocycles. The van der Waals surface area contributed by atoms with Crippen molar-refractivity contribution < 1.29 is 4.79 Å². The second kappa shape index (κ2) is 8.29. The molecule has 124 valence electrons. The van der Waals surface area contributed by atoms with Crippen LogP contribution < -0.4 is 10.6 Å². The van der Waals surface area contributed by atoms with Gasteiger partial charge in [0.25, 0.3) is 5.91 Å². The van der Waals surface area contributed by atoms with E-state index < -0.39 is 0 Å². The summed E-state index contributed by atoms with van der Waals surface area (Å²) < 4.78 is 0. The van der Waals surface area contributed by atoms with Crippen LogP contribution in [0.2, 0.25) is 0 Å². The van der Waals surface area contributed by atoms with Crippen molar-refractivity contribution in [1.82, 2.24) is 4.98 Å². The van der Waals surface area contributed by atoms with E-state index in [9.17, 15) is 4.79 Å². The van der Waals surface area contributed by atoms with Crippen molar-refractivity contribution in [1.29, 1.82) is 0 Å². The van der Waals surface area contributed by atoms with Crippen LogP contribution in [0.3, 0.4) is 0 Å². The van der Waals surface area contributed by atoms with Crippen molar-refractivity contribution in [3.63, 3.8) is 0 Å². The Balaban J connectivity index is 1.48. The van der Waals surface area contributed by atoms with Crippen molar-refractivity contribution in [2.75, 3.05) is 17.2 Å². The predicted molar refractivity (Wildman–Crippen MR) is 98.3 cm³/mol. The largest absolute Gasteiger partial charge is 0.383 e. The molecular formula is C20H23N3O. The van der Waals surface area contributed by atoms with Gasteiger partial charge in [-0.25, -0.2) is 4.98 Å². The van der Waals surface area contributed by atoms with Gasteiger partial charge in [0.1, 0.15) is 5.82 Å². The number of amides is 1. The summed E-state index contributed by atoms with van der Waals surface area (Å²) in [6, 6.07) is 12.9. The van der Waals surface area contributed by atoms with E-state index in [1.807, 2.05) is 30.3 Å². The Kier molecular flexibility index (Phi) is 5.61. The van der Waals surface area contributed by atoms with Crippen LogP contribution in [-0.4, -0.2) is 17.4 Å². The molecule has 3 rings (SSSR count). The number of nitrogens with zero attached hydrogens (tertiary/aromatic N) is 1. The molecule has 1 amide bonds. The van der Waals surface area contributed by atoms with Gasteiger partial charge in [0.2, 0.25) is 0 Å². The third kappa shape index (κ3) is 4.69. The molecule has 0 aliphatic heterocycles. The van der Waals surface area contributed by atoms with Gasteiger partial charge >= 0.3 is 0 Å². The van der Waals surface area contributed by atoms with Gasteiger partial charge in [-0.1, -0.05) is 29.8 Å². The van der Waals surface area contributed by atoms with E-state index >= 15 is 0 Å². The highest BCUT2D eigenvalue weighted by Gasteiger charge is 2.06. The van der Waals surface area contributed by atoms with E-state index in [4.69, 9.17) is 0 Å².